The number of carbonyl (C=O) groups is 1. The highest BCUT2D eigenvalue weighted by atomic mass is 16.3. The van der Waals surface area contributed by atoms with Crippen LogP contribution in [-0.2, 0) is 4.79 Å². The monoisotopic (exact) mass is 186 g/mol. The molecule has 0 radical (unpaired) electrons. The summed E-state index contributed by atoms with van der Waals surface area (Å²) >= 11 is 0. The third kappa shape index (κ3) is 2.42. The lowest BCUT2D eigenvalue weighted by atomic mass is 10.1. The molecule has 1 aliphatic heterocycles. The standard InChI is InChI=1S/C9H18N2O2/c1-7(10-2)9(13)11-4-3-8(5-11)6-12/h7-8,10,12H,3-6H2,1-2H3. The van der Waals surface area contributed by atoms with Gasteiger partial charge in [0.05, 0.1) is 6.04 Å². The van der Waals surface area contributed by atoms with Gasteiger partial charge in [0.2, 0.25) is 5.91 Å². The van der Waals surface area contributed by atoms with E-state index in [0.717, 1.165) is 13.0 Å². The van der Waals surface area contributed by atoms with Crippen molar-refractivity contribution in [3.05, 3.63) is 0 Å². The zero-order valence-electron chi connectivity index (χ0n) is 8.29. The lowest BCUT2D eigenvalue weighted by Gasteiger charge is -2.20. The molecule has 0 aromatic heterocycles. The Morgan fingerprint density at radius 1 is 1.77 bits per heavy atom. The van der Waals surface area contributed by atoms with Crippen LogP contribution < -0.4 is 5.32 Å². The van der Waals surface area contributed by atoms with Crippen LogP contribution in [0.5, 0.6) is 0 Å². The number of hydrogen-bond acceptors (Lipinski definition) is 3. The maximum Gasteiger partial charge on any atom is 0.239 e. The highest BCUT2D eigenvalue weighted by molar-refractivity contribution is 5.81. The summed E-state index contributed by atoms with van der Waals surface area (Å²) in [6.45, 7) is 3.55. The van der Waals surface area contributed by atoms with E-state index < -0.39 is 0 Å². The normalized spacial score (nSPS) is 24.8. The molecule has 2 N–H and O–H groups in total. The Hall–Kier alpha value is -0.610. The van der Waals surface area contributed by atoms with E-state index in [2.05, 4.69) is 5.32 Å². The summed E-state index contributed by atoms with van der Waals surface area (Å²) in [4.78, 5) is 13.4. The number of nitrogens with zero attached hydrogens (tertiary/aromatic N) is 1. The molecule has 0 spiro atoms. The zero-order chi connectivity index (χ0) is 9.84. The molecule has 0 aliphatic carbocycles. The van der Waals surface area contributed by atoms with E-state index in [1.54, 1.807) is 7.05 Å². The molecule has 1 heterocycles. The minimum atomic E-state index is -0.113. The van der Waals surface area contributed by atoms with Gasteiger partial charge in [-0.25, -0.2) is 0 Å². The summed E-state index contributed by atoms with van der Waals surface area (Å²) in [6, 6.07) is -0.113. The van der Waals surface area contributed by atoms with Crippen LogP contribution in [0.3, 0.4) is 0 Å². The van der Waals surface area contributed by atoms with E-state index in [9.17, 15) is 4.79 Å². The van der Waals surface area contributed by atoms with Crippen LogP contribution in [0.15, 0.2) is 0 Å². The number of amides is 1. The van der Waals surface area contributed by atoms with Crippen LogP contribution in [0.25, 0.3) is 0 Å². The number of likely N-dealkylation sites (N-methyl/N-ethyl adjacent to an activating group) is 1. The first-order valence-corrected chi connectivity index (χ1v) is 4.76. The molecule has 76 valence electrons. The van der Waals surface area contributed by atoms with Gasteiger partial charge in [-0.05, 0) is 20.4 Å². The summed E-state index contributed by atoms with van der Waals surface area (Å²) in [5.74, 6) is 0.423. The van der Waals surface area contributed by atoms with Crippen LogP contribution in [-0.4, -0.2) is 48.7 Å². The SMILES string of the molecule is CNC(C)C(=O)N1CCC(CO)C1. The molecule has 1 rings (SSSR count). The molecule has 4 heteroatoms. The first-order chi connectivity index (χ1) is 6.19. The fourth-order valence-electron chi connectivity index (χ4n) is 1.58. The van der Waals surface area contributed by atoms with Gasteiger partial charge in [-0.15, -0.1) is 0 Å². The van der Waals surface area contributed by atoms with Crippen molar-refractivity contribution in [1.29, 1.82) is 0 Å². The number of hydrogen-bond donors (Lipinski definition) is 2. The molecular formula is C9H18N2O2. The Balaban J connectivity index is 2.41. The summed E-state index contributed by atoms with van der Waals surface area (Å²) in [5.41, 5.74) is 0. The van der Waals surface area contributed by atoms with E-state index in [4.69, 9.17) is 5.11 Å². The maximum absolute atomic E-state index is 11.6. The fraction of sp³-hybridized carbons (Fsp3) is 0.889. The Morgan fingerprint density at radius 3 is 2.92 bits per heavy atom. The van der Waals surface area contributed by atoms with E-state index in [1.165, 1.54) is 0 Å². The summed E-state index contributed by atoms with van der Waals surface area (Å²) in [5, 5.41) is 11.8. The van der Waals surface area contributed by atoms with Crippen LogP contribution in [0.2, 0.25) is 0 Å². The fourth-order valence-corrected chi connectivity index (χ4v) is 1.58. The predicted octanol–water partition coefficient (Wildman–Crippen LogP) is -0.565. The molecule has 4 nitrogen and oxygen atoms in total. The molecular weight excluding hydrogens is 168 g/mol. The van der Waals surface area contributed by atoms with Gasteiger partial charge in [0.25, 0.3) is 0 Å². The van der Waals surface area contributed by atoms with E-state index in [1.807, 2.05) is 11.8 Å². The van der Waals surface area contributed by atoms with Crippen LogP contribution in [0, 0.1) is 5.92 Å². The number of rotatable bonds is 3. The topological polar surface area (TPSA) is 52.6 Å². The van der Waals surface area contributed by atoms with E-state index in [-0.39, 0.29) is 24.5 Å². The molecule has 0 aromatic carbocycles. The maximum atomic E-state index is 11.6. The largest absolute Gasteiger partial charge is 0.396 e. The molecule has 1 amide bonds. The van der Waals surface area contributed by atoms with Crippen molar-refractivity contribution in [2.24, 2.45) is 5.92 Å². The number of aliphatic hydroxyl groups is 1. The minimum Gasteiger partial charge on any atom is -0.396 e. The molecule has 1 saturated heterocycles. The average Bonchev–Trinajstić information content (AvgIpc) is 2.63. The van der Waals surface area contributed by atoms with Gasteiger partial charge in [-0.1, -0.05) is 0 Å². The van der Waals surface area contributed by atoms with Crippen molar-refractivity contribution in [1.82, 2.24) is 10.2 Å². The number of aliphatic hydroxyl groups excluding tert-OH is 1. The van der Waals surface area contributed by atoms with Crippen molar-refractivity contribution in [2.75, 3.05) is 26.7 Å². The minimum absolute atomic E-state index is 0.113. The van der Waals surface area contributed by atoms with Gasteiger partial charge in [-0.3, -0.25) is 4.79 Å². The van der Waals surface area contributed by atoms with Crippen molar-refractivity contribution >= 4 is 5.91 Å². The molecule has 13 heavy (non-hydrogen) atoms. The number of carbonyl (C=O) groups excluding carboxylic acids is 1. The molecule has 1 aliphatic rings. The predicted molar refractivity (Wildman–Crippen MR) is 50.3 cm³/mol. The lowest BCUT2D eigenvalue weighted by Crippen LogP contribution is -2.42. The molecule has 0 aromatic rings. The van der Waals surface area contributed by atoms with E-state index >= 15 is 0 Å². The van der Waals surface area contributed by atoms with Gasteiger partial charge in [0.15, 0.2) is 0 Å². The van der Waals surface area contributed by atoms with Gasteiger partial charge >= 0.3 is 0 Å². The third-order valence-corrected chi connectivity index (χ3v) is 2.66. The van der Waals surface area contributed by atoms with Crippen molar-refractivity contribution in [3.63, 3.8) is 0 Å². The summed E-state index contributed by atoms with van der Waals surface area (Å²) < 4.78 is 0. The Bertz CT molecular complexity index is 184. The van der Waals surface area contributed by atoms with Crippen LogP contribution in [0.4, 0.5) is 0 Å². The van der Waals surface area contributed by atoms with Crippen molar-refractivity contribution in [3.8, 4) is 0 Å². The summed E-state index contributed by atoms with van der Waals surface area (Å²) in [7, 11) is 1.78. The molecule has 1 fully saturated rings. The summed E-state index contributed by atoms with van der Waals surface area (Å²) in [6.07, 6.45) is 0.929. The van der Waals surface area contributed by atoms with Gasteiger partial charge < -0.3 is 15.3 Å². The Labute approximate surface area is 78.9 Å². The average molecular weight is 186 g/mol. The molecule has 0 saturated carbocycles. The first-order valence-electron chi connectivity index (χ1n) is 4.76. The third-order valence-electron chi connectivity index (χ3n) is 2.66. The second kappa shape index (κ2) is 4.58. The van der Waals surface area contributed by atoms with E-state index in [0.29, 0.717) is 6.54 Å². The smallest absolute Gasteiger partial charge is 0.239 e. The molecule has 0 bridgehead atoms. The Morgan fingerprint density at radius 2 is 2.46 bits per heavy atom. The molecule has 2 unspecified atom stereocenters. The number of nitrogens with one attached hydrogen (secondary N) is 1. The van der Waals surface area contributed by atoms with Crippen LogP contribution >= 0.6 is 0 Å². The molecule has 2 atom stereocenters. The second-order valence-corrected chi connectivity index (χ2v) is 3.63. The van der Waals surface area contributed by atoms with Gasteiger partial charge in [0, 0.05) is 25.6 Å². The van der Waals surface area contributed by atoms with Crippen molar-refractivity contribution < 1.29 is 9.90 Å². The lowest BCUT2D eigenvalue weighted by molar-refractivity contribution is -0.132. The highest BCUT2D eigenvalue weighted by Gasteiger charge is 2.27. The highest BCUT2D eigenvalue weighted by Crippen LogP contribution is 2.15. The second-order valence-electron chi connectivity index (χ2n) is 3.63. The van der Waals surface area contributed by atoms with Crippen molar-refractivity contribution in [2.45, 2.75) is 19.4 Å². The van der Waals surface area contributed by atoms with Gasteiger partial charge in [0.1, 0.15) is 0 Å². The first kappa shape index (κ1) is 10.5. The van der Waals surface area contributed by atoms with Gasteiger partial charge in [-0.2, -0.15) is 0 Å². The quantitative estimate of drug-likeness (QED) is 0.621. The Kier molecular flexibility index (Phi) is 3.69. The zero-order valence-corrected chi connectivity index (χ0v) is 8.29. The van der Waals surface area contributed by atoms with Crippen LogP contribution in [0.1, 0.15) is 13.3 Å². The number of likely N-dealkylation sites (tertiary alicyclic amines) is 1.